The van der Waals surface area contributed by atoms with E-state index in [4.69, 9.17) is 5.11 Å². The molecule has 1 saturated carbocycles. The summed E-state index contributed by atoms with van der Waals surface area (Å²) in [6, 6.07) is 0. The summed E-state index contributed by atoms with van der Waals surface area (Å²) in [6.07, 6.45) is 3.61. The summed E-state index contributed by atoms with van der Waals surface area (Å²) in [5, 5.41) is 8.60. The third-order valence-corrected chi connectivity index (χ3v) is 2.20. The molecular weight excluding hydrogens is 128 g/mol. The fourth-order valence-corrected chi connectivity index (χ4v) is 1.41. The molecule has 0 heterocycles. The van der Waals surface area contributed by atoms with Gasteiger partial charge in [-0.2, -0.15) is 0 Å². The highest BCUT2D eigenvalue weighted by Crippen LogP contribution is 2.27. The van der Waals surface area contributed by atoms with E-state index < -0.39 is 5.97 Å². The van der Waals surface area contributed by atoms with Crippen LogP contribution in [0.4, 0.5) is 0 Å². The van der Waals surface area contributed by atoms with Crippen molar-refractivity contribution in [3.63, 3.8) is 0 Å². The summed E-state index contributed by atoms with van der Waals surface area (Å²) in [4.78, 5) is 10.4. The molecule has 0 aromatic rings. The number of hydrogen-bond acceptors (Lipinski definition) is 1. The lowest BCUT2D eigenvalue weighted by Gasteiger charge is -2.22. The number of carbonyl (C=O) groups is 1. The van der Waals surface area contributed by atoms with E-state index in [1.54, 1.807) is 0 Å². The van der Waals surface area contributed by atoms with Crippen LogP contribution >= 0.6 is 0 Å². The highest BCUT2D eigenvalue weighted by molar-refractivity contribution is 5.69. The van der Waals surface area contributed by atoms with E-state index in [1.807, 2.05) is 0 Å². The predicted octanol–water partition coefficient (Wildman–Crippen LogP) is 1.71. The van der Waals surface area contributed by atoms with Crippen molar-refractivity contribution < 1.29 is 9.90 Å². The van der Waals surface area contributed by atoms with Crippen LogP contribution in [0, 0.1) is 18.8 Å². The molecule has 0 aliphatic heterocycles. The third kappa shape index (κ3) is 1.72. The Labute approximate surface area is 61.2 Å². The molecule has 0 aromatic carbocycles. The van der Waals surface area contributed by atoms with Crippen molar-refractivity contribution in [2.75, 3.05) is 0 Å². The first-order valence-electron chi connectivity index (χ1n) is 3.76. The standard InChI is InChI=1S/C8H13O2/c1-6-2-4-7(5-3-6)8(9)10/h6-7H,1-5H2,(H,9,10). The van der Waals surface area contributed by atoms with E-state index in [2.05, 4.69) is 6.92 Å². The zero-order valence-corrected chi connectivity index (χ0v) is 6.05. The summed E-state index contributed by atoms with van der Waals surface area (Å²) < 4.78 is 0. The van der Waals surface area contributed by atoms with Gasteiger partial charge < -0.3 is 5.11 Å². The smallest absolute Gasteiger partial charge is 0.306 e. The molecule has 0 spiro atoms. The lowest BCUT2D eigenvalue weighted by Crippen LogP contribution is -2.19. The molecule has 2 heteroatoms. The lowest BCUT2D eigenvalue weighted by molar-refractivity contribution is -0.142. The maximum Gasteiger partial charge on any atom is 0.306 e. The van der Waals surface area contributed by atoms with Crippen LogP contribution in [-0.2, 0) is 4.79 Å². The molecule has 1 radical (unpaired) electrons. The summed E-state index contributed by atoms with van der Waals surface area (Å²) in [5.41, 5.74) is 0. The highest BCUT2D eigenvalue weighted by atomic mass is 16.4. The molecule has 2 nitrogen and oxygen atoms in total. The largest absolute Gasteiger partial charge is 0.481 e. The van der Waals surface area contributed by atoms with E-state index in [0.29, 0.717) is 5.92 Å². The van der Waals surface area contributed by atoms with Gasteiger partial charge in [0.15, 0.2) is 0 Å². The fraction of sp³-hybridized carbons (Fsp3) is 0.750. The van der Waals surface area contributed by atoms with Crippen LogP contribution in [0.5, 0.6) is 0 Å². The number of hydrogen-bond donors (Lipinski definition) is 1. The zero-order chi connectivity index (χ0) is 7.56. The molecule has 0 aromatic heterocycles. The van der Waals surface area contributed by atoms with Crippen molar-refractivity contribution in [2.24, 2.45) is 11.8 Å². The molecule has 1 N–H and O–H groups in total. The topological polar surface area (TPSA) is 37.3 Å². The molecule has 0 unspecified atom stereocenters. The second-order valence-electron chi connectivity index (χ2n) is 3.06. The Balaban J connectivity index is 2.33. The SMILES string of the molecule is [CH2]C1CCC(C(=O)O)CC1. The van der Waals surface area contributed by atoms with Crippen LogP contribution in [0.1, 0.15) is 25.7 Å². The van der Waals surface area contributed by atoms with Gasteiger partial charge in [-0.15, -0.1) is 0 Å². The minimum absolute atomic E-state index is 0.0852. The van der Waals surface area contributed by atoms with Crippen LogP contribution in [0.25, 0.3) is 0 Å². The second-order valence-corrected chi connectivity index (χ2v) is 3.06. The number of carboxylic acid groups (broad SMARTS) is 1. The lowest BCUT2D eigenvalue weighted by atomic mass is 9.83. The second kappa shape index (κ2) is 3.04. The van der Waals surface area contributed by atoms with Gasteiger partial charge in [0.25, 0.3) is 0 Å². The molecule has 0 amide bonds. The number of rotatable bonds is 1. The quantitative estimate of drug-likeness (QED) is 0.603. The third-order valence-electron chi connectivity index (χ3n) is 2.20. The van der Waals surface area contributed by atoms with Crippen LogP contribution in [-0.4, -0.2) is 11.1 Å². The molecule has 0 atom stereocenters. The van der Waals surface area contributed by atoms with Crippen molar-refractivity contribution in [1.82, 2.24) is 0 Å². The van der Waals surface area contributed by atoms with E-state index in [9.17, 15) is 4.79 Å². The average molecular weight is 141 g/mol. The van der Waals surface area contributed by atoms with Gasteiger partial charge in [-0.3, -0.25) is 4.79 Å². The normalized spacial score (nSPS) is 33.7. The van der Waals surface area contributed by atoms with Crippen LogP contribution in [0.15, 0.2) is 0 Å². The zero-order valence-electron chi connectivity index (χ0n) is 6.05. The van der Waals surface area contributed by atoms with Gasteiger partial charge in [0.2, 0.25) is 0 Å². The Bertz CT molecular complexity index is 123. The van der Waals surface area contributed by atoms with E-state index in [0.717, 1.165) is 25.7 Å². The maximum absolute atomic E-state index is 10.4. The van der Waals surface area contributed by atoms with Gasteiger partial charge >= 0.3 is 5.97 Å². The van der Waals surface area contributed by atoms with Gasteiger partial charge in [-0.05, 0) is 31.6 Å². The molecule has 1 aliphatic carbocycles. The maximum atomic E-state index is 10.4. The van der Waals surface area contributed by atoms with Crippen LogP contribution < -0.4 is 0 Å². The summed E-state index contributed by atoms with van der Waals surface area (Å²) >= 11 is 0. The van der Waals surface area contributed by atoms with Gasteiger partial charge in [0.1, 0.15) is 0 Å². The van der Waals surface area contributed by atoms with Crippen molar-refractivity contribution in [2.45, 2.75) is 25.7 Å². The monoisotopic (exact) mass is 141 g/mol. The first kappa shape index (κ1) is 7.58. The van der Waals surface area contributed by atoms with E-state index in [-0.39, 0.29) is 5.92 Å². The van der Waals surface area contributed by atoms with Crippen LogP contribution in [0.3, 0.4) is 0 Å². The highest BCUT2D eigenvalue weighted by Gasteiger charge is 2.23. The molecule has 1 aliphatic rings. The van der Waals surface area contributed by atoms with Gasteiger partial charge in [-0.1, -0.05) is 6.92 Å². The number of carboxylic acids is 1. The van der Waals surface area contributed by atoms with E-state index >= 15 is 0 Å². The van der Waals surface area contributed by atoms with Gasteiger partial charge in [-0.25, -0.2) is 0 Å². The molecule has 1 fully saturated rings. The van der Waals surface area contributed by atoms with Gasteiger partial charge in [0, 0.05) is 0 Å². The van der Waals surface area contributed by atoms with Crippen molar-refractivity contribution in [3.05, 3.63) is 6.92 Å². The Hall–Kier alpha value is -0.530. The average Bonchev–Trinajstić information content (AvgIpc) is 1.88. The Morgan fingerprint density at radius 2 is 1.80 bits per heavy atom. The number of aliphatic carboxylic acids is 1. The Morgan fingerprint density at radius 3 is 2.20 bits per heavy atom. The summed E-state index contributed by atoms with van der Waals surface area (Å²) in [7, 11) is 0. The van der Waals surface area contributed by atoms with Crippen molar-refractivity contribution >= 4 is 5.97 Å². The minimum Gasteiger partial charge on any atom is -0.481 e. The fourth-order valence-electron chi connectivity index (χ4n) is 1.41. The molecule has 0 bridgehead atoms. The Morgan fingerprint density at radius 1 is 1.30 bits per heavy atom. The van der Waals surface area contributed by atoms with Crippen LogP contribution in [0.2, 0.25) is 0 Å². The summed E-state index contributed by atoms with van der Waals surface area (Å²) in [6.45, 7) is 3.90. The first-order chi connectivity index (χ1) is 4.70. The van der Waals surface area contributed by atoms with Crippen molar-refractivity contribution in [1.29, 1.82) is 0 Å². The van der Waals surface area contributed by atoms with E-state index in [1.165, 1.54) is 0 Å². The molecule has 10 heavy (non-hydrogen) atoms. The molecular formula is C8H13O2. The Kier molecular flexibility index (Phi) is 2.30. The summed E-state index contributed by atoms with van der Waals surface area (Å²) in [5.74, 6) is -0.222. The predicted molar refractivity (Wildman–Crippen MR) is 38.4 cm³/mol. The molecule has 57 valence electrons. The minimum atomic E-state index is -0.632. The molecule has 1 rings (SSSR count). The first-order valence-corrected chi connectivity index (χ1v) is 3.76. The molecule has 0 saturated heterocycles. The van der Waals surface area contributed by atoms with Gasteiger partial charge in [0.05, 0.1) is 5.92 Å². The van der Waals surface area contributed by atoms with Crippen molar-refractivity contribution in [3.8, 4) is 0 Å².